The highest BCUT2D eigenvalue weighted by atomic mass is 35.5. The van der Waals surface area contributed by atoms with Crippen molar-refractivity contribution in [1.82, 2.24) is 4.90 Å². The van der Waals surface area contributed by atoms with Gasteiger partial charge < -0.3 is 14.7 Å². The lowest BCUT2D eigenvalue weighted by Gasteiger charge is -2.53. The molecule has 1 heterocycles. The number of hydrogen-bond donors (Lipinski definition) is 1. The zero-order valence-electron chi connectivity index (χ0n) is 20.5. The van der Waals surface area contributed by atoms with Crippen molar-refractivity contribution in [2.24, 2.45) is 23.7 Å². The van der Waals surface area contributed by atoms with Gasteiger partial charge >= 0.3 is 5.97 Å². The second-order valence-corrected chi connectivity index (χ2v) is 11.0. The quantitative estimate of drug-likeness (QED) is 0.492. The van der Waals surface area contributed by atoms with Gasteiger partial charge in [0.2, 0.25) is 0 Å². The van der Waals surface area contributed by atoms with E-state index in [1.54, 1.807) is 0 Å². The summed E-state index contributed by atoms with van der Waals surface area (Å²) in [7, 11) is 0. The van der Waals surface area contributed by atoms with Crippen molar-refractivity contribution in [2.45, 2.75) is 58.7 Å². The Balaban J connectivity index is 1.40. The van der Waals surface area contributed by atoms with E-state index in [0.717, 1.165) is 56.2 Å². The van der Waals surface area contributed by atoms with Gasteiger partial charge in [-0.3, -0.25) is 9.69 Å². The molecule has 0 aromatic heterocycles. The Hall–Kier alpha value is -1.56. The van der Waals surface area contributed by atoms with E-state index in [0.29, 0.717) is 18.3 Å². The molecule has 1 aromatic carbocycles. The fraction of sp³-hybridized carbons (Fsp3) is 0.667. The second-order valence-electron chi connectivity index (χ2n) is 10.6. The Bertz CT molecular complexity index is 865. The van der Waals surface area contributed by atoms with E-state index in [9.17, 15) is 9.90 Å². The SMILES string of the molecule is CC(=O)O[C@@H]1C[C@@]2(O)[C@H](C)CC[C@@H]([C@H](C)CN3CCN(c4ccc(Cl)cc4)CC3)[C@H]2C=C1C. The lowest BCUT2D eigenvalue weighted by atomic mass is 9.57. The first-order valence-electron chi connectivity index (χ1n) is 12.5. The second kappa shape index (κ2) is 9.97. The first-order chi connectivity index (χ1) is 15.7. The van der Waals surface area contributed by atoms with Gasteiger partial charge in [-0.25, -0.2) is 0 Å². The Morgan fingerprint density at radius 3 is 2.52 bits per heavy atom. The number of aliphatic hydroxyl groups is 1. The van der Waals surface area contributed by atoms with Crippen molar-refractivity contribution in [1.29, 1.82) is 0 Å². The van der Waals surface area contributed by atoms with E-state index in [4.69, 9.17) is 16.3 Å². The van der Waals surface area contributed by atoms with E-state index < -0.39 is 5.60 Å². The summed E-state index contributed by atoms with van der Waals surface area (Å²) in [5, 5.41) is 12.6. The largest absolute Gasteiger partial charge is 0.458 e. The monoisotopic (exact) mass is 474 g/mol. The van der Waals surface area contributed by atoms with Crippen molar-refractivity contribution >= 4 is 23.3 Å². The van der Waals surface area contributed by atoms with Crippen LogP contribution in [0.2, 0.25) is 5.02 Å². The molecule has 1 saturated carbocycles. The summed E-state index contributed by atoms with van der Waals surface area (Å²) in [5.41, 5.74) is 1.52. The van der Waals surface area contributed by atoms with E-state index in [1.807, 2.05) is 19.1 Å². The molecular formula is C27H39ClN2O3. The minimum absolute atomic E-state index is 0.124. The molecule has 3 aliphatic rings. The number of piperazine rings is 1. The van der Waals surface area contributed by atoms with Gasteiger partial charge in [-0.05, 0) is 67.4 Å². The van der Waals surface area contributed by atoms with Gasteiger partial charge in [-0.1, -0.05) is 31.5 Å². The zero-order valence-corrected chi connectivity index (χ0v) is 21.2. The first-order valence-corrected chi connectivity index (χ1v) is 12.9. The molecule has 1 N–H and O–H groups in total. The number of nitrogens with zero attached hydrogens (tertiary/aromatic N) is 2. The highest BCUT2D eigenvalue weighted by Gasteiger charge is 2.52. The highest BCUT2D eigenvalue weighted by molar-refractivity contribution is 6.30. The minimum atomic E-state index is -0.802. The normalized spacial score (nSPS) is 33.8. The van der Waals surface area contributed by atoms with Gasteiger partial charge in [0.15, 0.2) is 0 Å². The molecule has 1 aromatic rings. The van der Waals surface area contributed by atoms with Crippen LogP contribution in [0.25, 0.3) is 0 Å². The average molecular weight is 475 g/mol. The van der Waals surface area contributed by atoms with Crippen molar-refractivity contribution in [2.75, 3.05) is 37.6 Å². The van der Waals surface area contributed by atoms with E-state index in [1.165, 1.54) is 12.6 Å². The molecule has 0 amide bonds. The maximum absolute atomic E-state index is 11.8. The standard InChI is InChI=1S/C27H39ClN2O3/c1-18-15-25-24(10-5-20(3)27(25,32)16-26(18)33-21(4)31)19(2)17-29-11-13-30(14-12-29)23-8-6-22(28)7-9-23/h6-9,15,19-20,24-26,32H,5,10-14,16-17H2,1-4H3/t19-,20-,24+,25-,26-,27-/m1/s1. The lowest BCUT2D eigenvalue weighted by Crippen LogP contribution is -2.56. The van der Waals surface area contributed by atoms with Crippen LogP contribution in [-0.4, -0.2) is 60.4 Å². The molecule has 0 radical (unpaired) electrons. The molecule has 5 nitrogen and oxygen atoms in total. The number of carbonyl (C=O) groups excluding carboxylic acids is 1. The molecule has 0 spiro atoms. The maximum atomic E-state index is 11.8. The number of anilines is 1. The summed E-state index contributed by atoms with van der Waals surface area (Å²) in [6.45, 7) is 13.2. The number of carbonyl (C=O) groups is 1. The number of ether oxygens (including phenoxy) is 1. The summed E-state index contributed by atoms with van der Waals surface area (Å²) in [6.07, 6.45) is 4.60. The van der Waals surface area contributed by atoms with Crippen molar-refractivity contribution in [3.63, 3.8) is 0 Å². The maximum Gasteiger partial charge on any atom is 0.303 e. The summed E-state index contributed by atoms with van der Waals surface area (Å²) in [6, 6.07) is 8.13. The summed E-state index contributed by atoms with van der Waals surface area (Å²) >= 11 is 6.04. The summed E-state index contributed by atoms with van der Waals surface area (Å²) < 4.78 is 5.55. The fourth-order valence-electron chi connectivity index (χ4n) is 6.38. The fourth-order valence-corrected chi connectivity index (χ4v) is 6.51. The molecule has 6 atom stereocenters. The molecule has 2 fully saturated rings. The van der Waals surface area contributed by atoms with E-state index in [-0.39, 0.29) is 23.9 Å². The smallest absolute Gasteiger partial charge is 0.303 e. The van der Waals surface area contributed by atoms with Crippen LogP contribution in [0.1, 0.15) is 47.0 Å². The van der Waals surface area contributed by atoms with Gasteiger partial charge in [0.25, 0.3) is 0 Å². The van der Waals surface area contributed by atoms with Crippen LogP contribution < -0.4 is 4.90 Å². The van der Waals surface area contributed by atoms with Crippen LogP contribution in [0.3, 0.4) is 0 Å². The molecule has 4 rings (SSSR count). The molecule has 1 aliphatic heterocycles. The third kappa shape index (κ3) is 5.26. The molecule has 0 bridgehead atoms. The Morgan fingerprint density at radius 1 is 1.21 bits per heavy atom. The van der Waals surface area contributed by atoms with Crippen LogP contribution >= 0.6 is 11.6 Å². The van der Waals surface area contributed by atoms with Crippen molar-refractivity contribution in [3.05, 3.63) is 40.9 Å². The molecule has 1 saturated heterocycles. The Morgan fingerprint density at radius 2 is 1.88 bits per heavy atom. The van der Waals surface area contributed by atoms with Gasteiger partial charge in [-0.2, -0.15) is 0 Å². The first kappa shape index (κ1) is 24.6. The van der Waals surface area contributed by atoms with Crippen molar-refractivity contribution < 1.29 is 14.6 Å². The summed E-state index contributed by atoms with van der Waals surface area (Å²) in [5.74, 6) is 0.981. The third-order valence-corrected chi connectivity index (χ3v) is 8.69. The van der Waals surface area contributed by atoms with Crippen LogP contribution in [-0.2, 0) is 9.53 Å². The van der Waals surface area contributed by atoms with Crippen molar-refractivity contribution in [3.8, 4) is 0 Å². The Labute approximate surface area is 203 Å². The van der Waals surface area contributed by atoms with E-state index in [2.05, 4.69) is 41.9 Å². The Kier molecular flexibility index (Phi) is 7.42. The highest BCUT2D eigenvalue weighted by Crippen LogP contribution is 2.51. The average Bonchev–Trinajstić information content (AvgIpc) is 2.77. The number of benzene rings is 1. The zero-order chi connectivity index (χ0) is 23.8. The summed E-state index contributed by atoms with van der Waals surface area (Å²) in [4.78, 5) is 16.6. The van der Waals surface area contributed by atoms with Crippen LogP contribution in [0.4, 0.5) is 5.69 Å². The number of hydrogen-bond acceptors (Lipinski definition) is 5. The topological polar surface area (TPSA) is 53.0 Å². The lowest BCUT2D eigenvalue weighted by molar-refractivity contribution is -0.159. The van der Waals surface area contributed by atoms with Crippen LogP contribution in [0.15, 0.2) is 35.9 Å². The number of fused-ring (bicyclic) bond motifs is 1. The minimum Gasteiger partial charge on any atom is -0.458 e. The third-order valence-electron chi connectivity index (χ3n) is 8.44. The van der Waals surface area contributed by atoms with Gasteiger partial charge in [0.1, 0.15) is 6.10 Å². The predicted molar refractivity (Wildman–Crippen MR) is 134 cm³/mol. The molecule has 33 heavy (non-hydrogen) atoms. The predicted octanol–water partition coefficient (Wildman–Crippen LogP) is 4.77. The van der Waals surface area contributed by atoms with Gasteiger partial charge in [-0.15, -0.1) is 0 Å². The number of halogens is 1. The molecule has 2 aliphatic carbocycles. The molecule has 182 valence electrons. The number of rotatable bonds is 5. The van der Waals surface area contributed by atoms with E-state index >= 15 is 0 Å². The number of esters is 1. The van der Waals surface area contributed by atoms with Crippen LogP contribution in [0.5, 0.6) is 0 Å². The molecule has 0 unspecified atom stereocenters. The van der Waals surface area contributed by atoms with Gasteiger partial charge in [0, 0.05) is 62.7 Å². The molecule has 6 heteroatoms. The van der Waals surface area contributed by atoms with Crippen LogP contribution in [0, 0.1) is 23.7 Å². The molecular weight excluding hydrogens is 436 g/mol. The van der Waals surface area contributed by atoms with Gasteiger partial charge in [0.05, 0.1) is 5.60 Å².